The number of rotatable bonds is 5. The molecule has 0 bridgehead atoms. The van der Waals surface area contributed by atoms with Gasteiger partial charge < -0.3 is 10.2 Å². The number of carbonyl (C=O) groups excluding carboxylic acids is 1. The number of nitrogens with zero attached hydrogens (tertiary/aromatic N) is 3. The maximum absolute atomic E-state index is 12.5. The Morgan fingerprint density at radius 2 is 2.10 bits per heavy atom. The lowest BCUT2D eigenvalue weighted by atomic mass is 9.86. The third-order valence-electron chi connectivity index (χ3n) is 4.18. The molecule has 1 saturated heterocycles. The molecule has 0 spiro atoms. The Morgan fingerprint density at radius 3 is 2.71 bits per heavy atom. The van der Waals surface area contributed by atoms with Crippen molar-refractivity contribution in [2.24, 2.45) is 11.8 Å². The molecule has 2 heterocycles. The molecule has 5 nitrogen and oxygen atoms in total. The molecule has 21 heavy (non-hydrogen) atoms. The second kappa shape index (κ2) is 7.38. The van der Waals surface area contributed by atoms with E-state index in [1.165, 1.54) is 0 Å². The van der Waals surface area contributed by atoms with Crippen molar-refractivity contribution >= 4 is 11.7 Å². The Morgan fingerprint density at radius 1 is 1.38 bits per heavy atom. The maximum atomic E-state index is 12.5. The predicted octanol–water partition coefficient (Wildman–Crippen LogP) is 2.81. The van der Waals surface area contributed by atoms with Gasteiger partial charge in [0, 0.05) is 19.6 Å². The number of amides is 1. The van der Waals surface area contributed by atoms with Crippen molar-refractivity contribution in [2.75, 3.05) is 25.0 Å². The van der Waals surface area contributed by atoms with Gasteiger partial charge in [0.15, 0.2) is 0 Å². The Hall–Kier alpha value is -1.65. The summed E-state index contributed by atoms with van der Waals surface area (Å²) in [5, 5.41) is 3.17. The van der Waals surface area contributed by atoms with Gasteiger partial charge in [0.1, 0.15) is 11.5 Å². The summed E-state index contributed by atoms with van der Waals surface area (Å²) in [7, 11) is 0. The maximum Gasteiger partial charge on any atom is 0.274 e. The van der Waals surface area contributed by atoms with Gasteiger partial charge in [0.05, 0.1) is 12.4 Å². The largest absolute Gasteiger partial charge is 0.369 e. The predicted molar refractivity (Wildman–Crippen MR) is 84.3 cm³/mol. The number of carbonyl (C=O) groups is 1. The van der Waals surface area contributed by atoms with E-state index in [9.17, 15) is 4.79 Å². The Labute approximate surface area is 127 Å². The summed E-state index contributed by atoms with van der Waals surface area (Å²) in [6.45, 7) is 9.11. The first-order valence-corrected chi connectivity index (χ1v) is 7.97. The fourth-order valence-electron chi connectivity index (χ4n) is 2.74. The molecule has 0 aliphatic carbocycles. The zero-order valence-corrected chi connectivity index (χ0v) is 13.3. The van der Waals surface area contributed by atoms with E-state index in [4.69, 9.17) is 0 Å². The van der Waals surface area contributed by atoms with Gasteiger partial charge in [-0.1, -0.05) is 20.8 Å². The van der Waals surface area contributed by atoms with Crippen LogP contribution in [0.5, 0.6) is 0 Å². The number of anilines is 1. The van der Waals surface area contributed by atoms with Crippen molar-refractivity contribution in [3.05, 3.63) is 18.1 Å². The fraction of sp³-hybridized carbons (Fsp3) is 0.688. The molecule has 0 radical (unpaired) electrons. The van der Waals surface area contributed by atoms with Crippen LogP contribution in [0.3, 0.4) is 0 Å². The average molecular weight is 290 g/mol. The van der Waals surface area contributed by atoms with Gasteiger partial charge in [0.2, 0.25) is 0 Å². The van der Waals surface area contributed by atoms with E-state index in [0.29, 0.717) is 17.4 Å². The zero-order valence-electron chi connectivity index (χ0n) is 13.3. The first-order chi connectivity index (χ1) is 10.1. The molecule has 116 valence electrons. The molecule has 1 N–H and O–H groups in total. The lowest BCUT2D eigenvalue weighted by Gasteiger charge is -2.33. The first-order valence-electron chi connectivity index (χ1n) is 7.97. The molecule has 0 atom stereocenters. The van der Waals surface area contributed by atoms with Gasteiger partial charge in [-0.15, -0.1) is 0 Å². The number of likely N-dealkylation sites (tertiary alicyclic amines) is 1. The van der Waals surface area contributed by atoms with Crippen molar-refractivity contribution in [1.82, 2.24) is 14.9 Å². The smallest absolute Gasteiger partial charge is 0.274 e. The SMILES string of the molecule is CCCNc1cncc(C(=O)N2CCC(C(C)C)CC2)n1. The average Bonchev–Trinajstić information content (AvgIpc) is 2.52. The van der Waals surface area contributed by atoms with Crippen LogP contribution in [0.25, 0.3) is 0 Å². The molecule has 0 saturated carbocycles. The van der Waals surface area contributed by atoms with Crippen molar-refractivity contribution in [3.63, 3.8) is 0 Å². The molecule has 0 unspecified atom stereocenters. The molecule has 1 aromatic rings. The van der Waals surface area contributed by atoms with Crippen LogP contribution in [0.15, 0.2) is 12.4 Å². The molecule has 1 fully saturated rings. The van der Waals surface area contributed by atoms with Crippen molar-refractivity contribution < 1.29 is 4.79 Å². The third kappa shape index (κ3) is 4.16. The molecule has 1 aliphatic rings. The zero-order chi connectivity index (χ0) is 15.2. The van der Waals surface area contributed by atoms with Crippen LogP contribution >= 0.6 is 0 Å². The summed E-state index contributed by atoms with van der Waals surface area (Å²) in [6, 6.07) is 0. The third-order valence-corrected chi connectivity index (χ3v) is 4.18. The number of nitrogens with one attached hydrogen (secondary N) is 1. The minimum Gasteiger partial charge on any atom is -0.369 e. The van der Waals surface area contributed by atoms with Gasteiger partial charge in [-0.2, -0.15) is 0 Å². The lowest BCUT2D eigenvalue weighted by Crippen LogP contribution is -2.40. The van der Waals surface area contributed by atoms with Crippen LogP contribution in [0, 0.1) is 11.8 Å². The Kier molecular flexibility index (Phi) is 5.53. The second-order valence-corrected chi connectivity index (χ2v) is 6.09. The topological polar surface area (TPSA) is 58.1 Å². The molecular weight excluding hydrogens is 264 g/mol. The summed E-state index contributed by atoms with van der Waals surface area (Å²) >= 11 is 0. The van der Waals surface area contributed by atoms with Gasteiger partial charge in [-0.25, -0.2) is 4.98 Å². The fourth-order valence-corrected chi connectivity index (χ4v) is 2.74. The van der Waals surface area contributed by atoms with Crippen LogP contribution in [-0.4, -0.2) is 40.4 Å². The summed E-state index contributed by atoms with van der Waals surface area (Å²) in [5.74, 6) is 2.12. The number of piperidine rings is 1. The van der Waals surface area contributed by atoms with Crippen LogP contribution in [0.2, 0.25) is 0 Å². The molecule has 1 amide bonds. The molecular formula is C16H26N4O. The van der Waals surface area contributed by atoms with Crippen molar-refractivity contribution in [2.45, 2.75) is 40.0 Å². The van der Waals surface area contributed by atoms with Gasteiger partial charge >= 0.3 is 0 Å². The van der Waals surface area contributed by atoms with Crippen molar-refractivity contribution in [3.8, 4) is 0 Å². The summed E-state index contributed by atoms with van der Waals surface area (Å²) in [5.41, 5.74) is 0.444. The highest BCUT2D eigenvalue weighted by Gasteiger charge is 2.26. The number of aromatic nitrogens is 2. The monoisotopic (exact) mass is 290 g/mol. The normalized spacial score (nSPS) is 16.3. The summed E-state index contributed by atoms with van der Waals surface area (Å²) in [6.07, 6.45) is 6.42. The Balaban J connectivity index is 1.97. The summed E-state index contributed by atoms with van der Waals surface area (Å²) in [4.78, 5) is 22.9. The van der Waals surface area contributed by atoms with E-state index < -0.39 is 0 Å². The quantitative estimate of drug-likeness (QED) is 0.906. The standard InChI is InChI=1S/C16H26N4O/c1-4-7-18-15-11-17-10-14(19-15)16(21)20-8-5-13(6-9-20)12(2)3/h10-13H,4-9H2,1-3H3,(H,18,19). The lowest BCUT2D eigenvalue weighted by molar-refractivity contribution is 0.0661. The van der Waals surface area contributed by atoms with Crippen LogP contribution in [0.4, 0.5) is 5.82 Å². The molecule has 5 heteroatoms. The highest BCUT2D eigenvalue weighted by molar-refractivity contribution is 5.92. The van der Waals surface area contributed by atoms with E-state index in [-0.39, 0.29) is 5.91 Å². The van der Waals surface area contributed by atoms with E-state index in [1.54, 1.807) is 12.4 Å². The van der Waals surface area contributed by atoms with Crippen LogP contribution < -0.4 is 5.32 Å². The molecule has 1 aliphatic heterocycles. The van der Waals surface area contributed by atoms with Gasteiger partial charge in [0.25, 0.3) is 5.91 Å². The minimum absolute atomic E-state index is 0.00449. The van der Waals surface area contributed by atoms with Gasteiger partial charge in [-0.05, 0) is 31.1 Å². The first kappa shape index (κ1) is 15.7. The molecule has 2 rings (SSSR count). The van der Waals surface area contributed by atoms with Crippen LogP contribution in [0.1, 0.15) is 50.5 Å². The highest BCUT2D eigenvalue weighted by Crippen LogP contribution is 2.25. The van der Waals surface area contributed by atoms with E-state index in [2.05, 4.69) is 36.1 Å². The molecule has 1 aromatic heterocycles. The Bertz CT molecular complexity index is 467. The number of hydrogen-bond acceptors (Lipinski definition) is 4. The van der Waals surface area contributed by atoms with E-state index in [1.807, 2.05) is 4.90 Å². The van der Waals surface area contributed by atoms with Crippen LogP contribution in [-0.2, 0) is 0 Å². The van der Waals surface area contributed by atoms with Crippen molar-refractivity contribution in [1.29, 1.82) is 0 Å². The second-order valence-electron chi connectivity index (χ2n) is 6.09. The molecule has 0 aromatic carbocycles. The summed E-state index contributed by atoms with van der Waals surface area (Å²) < 4.78 is 0. The van der Waals surface area contributed by atoms with E-state index >= 15 is 0 Å². The van der Waals surface area contributed by atoms with Gasteiger partial charge in [-0.3, -0.25) is 9.78 Å². The highest BCUT2D eigenvalue weighted by atomic mass is 16.2. The van der Waals surface area contributed by atoms with E-state index in [0.717, 1.165) is 44.8 Å². The minimum atomic E-state index is 0.00449. The number of hydrogen-bond donors (Lipinski definition) is 1.